The van der Waals surface area contributed by atoms with Crippen molar-refractivity contribution in [1.29, 1.82) is 0 Å². The van der Waals surface area contributed by atoms with Crippen LogP contribution in [0.4, 0.5) is 0 Å². The van der Waals surface area contributed by atoms with Crippen molar-refractivity contribution in [1.82, 2.24) is 10.6 Å². The standard InChI is InChI=1S/C14H21BrN2O/c1-3-4-11(2)17-14(18)10-16-9-12-5-7-13(15)8-6-12/h5-8,11,16H,3-4,9-10H2,1-2H3,(H,17,18). The lowest BCUT2D eigenvalue weighted by Crippen LogP contribution is -2.38. The van der Waals surface area contributed by atoms with Crippen molar-refractivity contribution in [3.8, 4) is 0 Å². The normalized spacial score (nSPS) is 12.2. The van der Waals surface area contributed by atoms with Gasteiger partial charge in [0, 0.05) is 17.1 Å². The van der Waals surface area contributed by atoms with Gasteiger partial charge in [-0.15, -0.1) is 0 Å². The van der Waals surface area contributed by atoms with Gasteiger partial charge in [-0.25, -0.2) is 0 Å². The Morgan fingerprint density at radius 2 is 2.00 bits per heavy atom. The molecule has 0 aliphatic rings. The molecule has 0 aliphatic carbocycles. The molecule has 1 atom stereocenters. The van der Waals surface area contributed by atoms with Crippen LogP contribution in [0.2, 0.25) is 0 Å². The molecule has 0 bridgehead atoms. The third-order valence-corrected chi connectivity index (χ3v) is 3.19. The van der Waals surface area contributed by atoms with Crippen LogP contribution in [0, 0.1) is 0 Å². The number of amides is 1. The number of benzene rings is 1. The molecule has 0 saturated carbocycles. The lowest BCUT2D eigenvalue weighted by molar-refractivity contribution is -0.120. The number of halogens is 1. The maximum atomic E-state index is 11.6. The Hall–Kier alpha value is -0.870. The number of carbonyl (C=O) groups excluding carboxylic acids is 1. The van der Waals surface area contributed by atoms with Gasteiger partial charge in [-0.1, -0.05) is 41.4 Å². The Labute approximate surface area is 117 Å². The summed E-state index contributed by atoms with van der Waals surface area (Å²) in [6, 6.07) is 8.33. The molecule has 0 fully saturated rings. The zero-order valence-electron chi connectivity index (χ0n) is 11.0. The van der Waals surface area contributed by atoms with Gasteiger partial charge >= 0.3 is 0 Å². The van der Waals surface area contributed by atoms with Crippen molar-refractivity contribution < 1.29 is 4.79 Å². The first kappa shape index (κ1) is 15.2. The Morgan fingerprint density at radius 3 is 2.61 bits per heavy atom. The summed E-state index contributed by atoms with van der Waals surface area (Å²) in [6.07, 6.45) is 2.12. The maximum absolute atomic E-state index is 11.6. The molecule has 0 aromatic heterocycles. The van der Waals surface area contributed by atoms with E-state index in [4.69, 9.17) is 0 Å². The van der Waals surface area contributed by atoms with E-state index >= 15 is 0 Å². The summed E-state index contributed by atoms with van der Waals surface area (Å²) in [5.74, 6) is 0.0630. The third kappa shape index (κ3) is 6.17. The number of nitrogens with one attached hydrogen (secondary N) is 2. The van der Waals surface area contributed by atoms with E-state index in [1.807, 2.05) is 31.2 Å². The summed E-state index contributed by atoms with van der Waals surface area (Å²) in [6.45, 7) is 5.23. The van der Waals surface area contributed by atoms with Gasteiger partial charge in [-0.05, 0) is 31.0 Å². The Bertz CT molecular complexity index is 365. The predicted octanol–water partition coefficient (Wildman–Crippen LogP) is 2.84. The second-order valence-electron chi connectivity index (χ2n) is 4.49. The molecule has 2 N–H and O–H groups in total. The highest BCUT2D eigenvalue weighted by molar-refractivity contribution is 9.10. The molecule has 1 amide bonds. The van der Waals surface area contributed by atoms with Gasteiger partial charge in [-0.2, -0.15) is 0 Å². The lowest BCUT2D eigenvalue weighted by atomic mass is 10.2. The molecule has 1 aromatic carbocycles. The molecule has 0 radical (unpaired) electrons. The first-order valence-electron chi connectivity index (χ1n) is 6.36. The first-order valence-corrected chi connectivity index (χ1v) is 7.15. The SMILES string of the molecule is CCCC(C)NC(=O)CNCc1ccc(Br)cc1. The van der Waals surface area contributed by atoms with Crippen molar-refractivity contribution >= 4 is 21.8 Å². The van der Waals surface area contributed by atoms with Crippen LogP contribution >= 0.6 is 15.9 Å². The van der Waals surface area contributed by atoms with E-state index in [2.05, 4.69) is 33.5 Å². The Kier molecular flexibility index (Phi) is 6.98. The molecule has 0 spiro atoms. The van der Waals surface area contributed by atoms with Crippen molar-refractivity contribution in [2.45, 2.75) is 39.3 Å². The van der Waals surface area contributed by atoms with E-state index < -0.39 is 0 Å². The highest BCUT2D eigenvalue weighted by Crippen LogP contribution is 2.09. The van der Waals surface area contributed by atoms with E-state index in [-0.39, 0.29) is 11.9 Å². The van der Waals surface area contributed by atoms with Gasteiger partial charge in [0.05, 0.1) is 6.54 Å². The van der Waals surface area contributed by atoms with Crippen LogP contribution in [0.5, 0.6) is 0 Å². The van der Waals surface area contributed by atoms with Crippen LogP contribution in [-0.2, 0) is 11.3 Å². The lowest BCUT2D eigenvalue weighted by Gasteiger charge is -2.13. The second kappa shape index (κ2) is 8.27. The van der Waals surface area contributed by atoms with Crippen LogP contribution in [0.1, 0.15) is 32.3 Å². The van der Waals surface area contributed by atoms with Gasteiger partial charge in [-0.3, -0.25) is 4.79 Å². The van der Waals surface area contributed by atoms with Crippen LogP contribution in [-0.4, -0.2) is 18.5 Å². The summed E-state index contributed by atoms with van der Waals surface area (Å²) in [5.41, 5.74) is 1.17. The van der Waals surface area contributed by atoms with Gasteiger partial charge in [0.15, 0.2) is 0 Å². The number of hydrogen-bond donors (Lipinski definition) is 2. The van der Waals surface area contributed by atoms with E-state index in [1.54, 1.807) is 0 Å². The molecule has 0 saturated heterocycles. The molecule has 4 heteroatoms. The molecule has 100 valence electrons. The number of rotatable bonds is 7. The topological polar surface area (TPSA) is 41.1 Å². The highest BCUT2D eigenvalue weighted by atomic mass is 79.9. The highest BCUT2D eigenvalue weighted by Gasteiger charge is 2.05. The molecule has 3 nitrogen and oxygen atoms in total. The fourth-order valence-corrected chi connectivity index (χ4v) is 2.02. The third-order valence-electron chi connectivity index (χ3n) is 2.66. The average Bonchev–Trinajstić information content (AvgIpc) is 2.32. The second-order valence-corrected chi connectivity index (χ2v) is 5.40. The van der Waals surface area contributed by atoms with E-state index in [1.165, 1.54) is 5.56 Å². The molecule has 18 heavy (non-hydrogen) atoms. The molecular formula is C14H21BrN2O. The van der Waals surface area contributed by atoms with Crippen LogP contribution in [0.25, 0.3) is 0 Å². The van der Waals surface area contributed by atoms with Crippen LogP contribution < -0.4 is 10.6 Å². The monoisotopic (exact) mass is 312 g/mol. The zero-order valence-corrected chi connectivity index (χ0v) is 12.6. The van der Waals surface area contributed by atoms with E-state index in [0.29, 0.717) is 13.1 Å². The number of carbonyl (C=O) groups is 1. The van der Waals surface area contributed by atoms with Crippen molar-refractivity contribution in [2.75, 3.05) is 6.54 Å². The van der Waals surface area contributed by atoms with Crippen molar-refractivity contribution in [2.24, 2.45) is 0 Å². The van der Waals surface area contributed by atoms with Crippen molar-refractivity contribution in [3.05, 3.63) is 34.3 Å². The summed E-state index contributed by atoms with van der Waals surface area (Å²) in [7, 11) is 0. The summed E-state index contributed by atoms with van der Waals surface area (Å²) >= 11 is 3.39. The summed E-state index contributed by atoms with van der Waals surface area (Å²) < 4.78 is 1.07. The molecule has 0 heterocycles. The smallest absolute Gasteiger partial charge is 0.234 e. The Morgan fingerprint density at radius 1 is 1.33 bits per heavy atom. The molecule has 1 rings (SSSR count). The number of hydrogen-bond acceptors (Lipinski definition) is 2. The summed E-state index contributed by atoms with van der Waals surface area (Å²) in [5, 5.41) is 6.11. The molecule has 1 unspecified atom stereocenters. The maximum Gasteiger partial charge on any atom is 0.234 e. The Balaban J connectivity index is 2.21. The van der Waals surface area contributed by atoms with E-state index in [9.17, 15) is 4.79 Å². The first-order chi connectivity index (χ1) is 8.61. The molecule has 1 aromatic rings. The summed E-state index contributed by atoms with van der Waals surface area (Å²) in [4.78, 5) is 11.6. The minimum absolute atomic E-state index is 0.0630. The fraction of sp³-hybridized carbons (Fsp3) is 0.500. The van der Waals surface area contributed by atoms with Gasteiger partial charge < -0.3 is 10.6 Å². The minimum atomic E-state index is 0.0630. The van der Waals surface area contributed by atoms with Crippen molar-refractivity contribution in [3.63, 3.8) is 0 Å². The predicted molar refractivity (Wildman–Crippen MR) is 78.4 cm³/mol. The van der Waals surface area contributed by atoms with Gasteiger partial charge in [0.1, 0.15) is 0 Å². The fourth-order valence-electron chi connectivity index (χ4n) is 1.75. The van der Waals surface area contributed by atoms with Gasteiger partial charge in [0.25, 0.3) is 0 Å². The molecular weight excluding hydrogens is 292 g/mol. The van der Waals surface area contributed by atoms with Crippen LogP contribution in [0.15, 0.2) is 28.7 Å². The average molecular weight is 313 g/mol. The van der Waals surface area contributed by atoms with Crippen LogP contribution in [0.3, 0.4) is 0 Å². The largest absolute Gasteiger partial charge is 0.353 e. The quantitative estimate of drug-likeness (QED) is 0.813. The van der Waals surface area contributed by atoms with Gasteiger partial charge in [0.2, 0.25) is 5.91 Å². The minimum Gasteiger partial charge on any atom is -0.353 e. The van der Waals surface area contributed by atoms with E-state index in [0.717, 1.165) is 17.3 Å². The molecule has 0 aliphatic heterocycles. The zero-order chi connectivity index (χ0) is 13.4.